The Morgan fingerprint density at radius 1 is 1.05 bits per heavy atom. The summed E-state index contributed by atoms with van der Waals surface area (Å²) < 4.78 is 5.41. The highest BCUT2D eigenvalue weighted by Crippen LogP contribution is 2.14. The van der Waals surface area contributed by atoms with Crippen LogP contribution in [0.3, 0.4) is 0 Å². The molecule has 2 aliphatic heterocycles. The highest BCUT2D eigenvalue weighted by molar-refractivity contribution is 4.80. The minimum atomic E-state index is 0.587. The molecule has 0 amide bonds. The fourth-order valence-electron chi connectivity index (χ4n) is 3.43. The third-order valence-electron chi connectivity index (χ3n) is 4.65. The lowest BCUT2D eigenvalue weighted by molar-refractivity contribution is 0.0337. The van der Waals surface area contributed by atoms with Crippen molar-refractivity contribution in [1.29, 1.82) is 0 Å². The van der Waals surface area contributed by atoms with E-state index in [1.54, 1.807) is 0 Å². The topological polar surface area (TPSA) is 27.7 Å². The van der Waals surface area contributed by atoms with E-state index in [4.69, 9.17) is 4.74 Å². The van der Waals surface area contributed by atoms with Gasteiger partial charge in [-0.2, -0.15) is 0 Å². The molecule has 0 radical (unpaired) electrons. The third kappa shape index (κ3) is 5.32. The van der Waals surface area contributed by atoms with Crippen LogP contribution in [0.1, 0.15) is 40.0 Å². The summed E-state index contributed by atoms with van der Waals surface area (Å²) in [7, 11) is 0. The molecule has 0 aromatic heterocycles. The van der Waals surface area contributed by atoms with Gasteiger partial charge in [0.1, 0.15) is 0 Å². The Morgan fingerprint density at radius 2 is 1.80 bits per heavy atom. The van der Waals surface area contributed by atoms with Crippen LogP contribution in [0, 0.1) is 0 Å². The van der Waals surface area contributed by atoms with Gasteiger partial charge < -0.3 is 15.0 Å². The summed E-state index contributed by atoms with van der Waals surface area (Å²) in [5.41, 5.74) is 0. The van der Waals surface area contributed by atoms with Gasteiger partial charge in [-0.25, -0.2) is 0 Å². The van der Waals surface area contributed by atoms with Gasteiger partial charge >= 0.3 is 0 Å². The van der Waals surface area contributed by atoms with E-state index < -0.39 is 0 Å². The van der Waals surface area contributed by atoms with E-state index in [2.05, 4.69) is 35.9 Å². The zero-order valence-corrected chi connectivity index (χ0v) is 13.6. The molecule has 0 aliphatic carbocycles. The summed E-state index contributed by atoms with van der Waals surface area (Å²) in [6.07, 6.45) is 3.96. The van der Waals surface area contributed by atoms with E-state index in [-0.39, 0.29) is 0 Å². The molecule has 2 rings (SSSR count). The summed E-state index contributed by atoms with van der Waals surface area (Å²) in [5.74, 6) is 0. The molecule has 0 saturated carbocycles. The maximum absolute atomic E-state index is 5.41. The van der Waals surface area contributed by atoms with E-state index in [1.807, 2.05) is 0 Å². The Labute approximate surface area is 124 Å². The average molecular weight is 283 g/mol. The number of likely N-dealkylation sites (tertiary alicyclic amines) is 1. The monoisotopic (exact) mass is 283 g/mol. The minimum absolute atomic E-state index is 0.587. The van der Waals surface area contributed by atoms with Gasteiger partial charge in [-0.15, -0.1) is 0 Å². The first kappa shape index (κ1) is 16.2. The highest BCUT2D eigenvalue weighted by atomic mass is 16.5. The molecule has 0 aromatic rings. The number of rotatable bonds is 5. The molecule has 4 nitrogen and oxygen atoms in total. The molecule has 2 fully saturated rings. The molecular formula is C16H33N3O. The predicted molar refractivity (Wildman–Crippen MR) is 84.2 cm³/mol. The summed E-state index contributed by atoms with van der Waals surface area (Å²) in [6, 6.07) is 1.98. The van der Waals surface area contributed by atoms with E-state index >= 15 is 0 Å². The molecule has 2 saturated heterocycles. The Balaban J connectivity index is 1.69. The minimum Gasteiger partial charge on any atom is -0.379 e. The van der Waals surface area contributed by atoms with Crippen molar-refractivity contribution in [3.8, 4) is 0 Å². The van der Waals surface area contributed by atoms with Crippen molar-refractivity contribution >= 4 is 0 Å². The van der Waals surface area contributed by atoms with Gasteiger partial charge in [-0.1, -0.05) is 0 Å². The van der Waals surface area contributed by atoms with E-state index in [0.29, 0.717) is 18.1 Å². The molecule has 0 aromatic carbocycles. The molecule has 1 N–H and O–H groups in total. The van der Waals surface area contributed by atoms with Crippen LogP contribution in [-0.4, -0.2) is 73.9 Å². The van der Waals surface area contributed by atoms with Crippen LogP contribution in [0.25, 0.3) is 0 Å². The van der Waals surface area contributed by atoms with Gasteiger partial charge in [0.05, 0.1) is 13.2 Å². The number of hydrogen-bond donors (Lipinski definition) is 1. The Hall–Kier alpha value is -0.160. The standard InChI is InChI=1S/C16H33N3O/c1-14(2)19-7-4-5-16(6-8-19)17-15(3)13-18-9-11-20-12-10-18/h14-17H,4-13H2,1-3H3. The maximum atomic E-state index is 5.41. The summed E-state index contributed by atoms with van der Waals surface area (Å²) in [6.45, 7) is 14.6. The van der Waals surface area contributed by atoms with Crippen LogP contribution in [0.15, 0.2) is 0 Å². The SMILES string of the molecule is CC(CN1CCOCC1)NC1CCCN(C(C)C)CC1. The lowest BCUT2D eigenvalue weighted by Crippen LogP contribution is -2.47. The molecular weight excluding hydrogens is 250 g/mol. The Kier molecular flexibility index (Phi) is 6.75. The number of hydrogen-bond acceptors (Lipinski definition) is 4. The summed E-state index contributed by atoms with van der Waals surface area (Å²) in [4.78, 5) is 5.15. The molecule has 0 bridgehead atoms. The molecule has 2 atom stereocenters. The lowest BCUT2D eigenvalue weighted by Gasteiger charge is -2.31. The smallest absolute Gasteiger partial charge is 0.0594 e. The first-order chi connectivity index (χ1) is 9.65. The van der Waals surface area contributed by atoms with E-state index in [9.17, 15) is 0 Å². The Bertz CT molecular complexity index is 266. The number of morpholine rings is 1. The van der Waals surface area contributed by atoms with Crippen LogP contribution in [0.2, 0.25) is 0 Å². The maximum Gasteiger partial charge on any atom is 0.0594 e. The normalized spacial score (nSPS) is 28.5. The van der Waals surface area contributed by atoms with Crippen molar-refractivity contribution in [3.63, 3.8) is 0 Å². The number of ether oxygens (including phenoxy) is 1. The van der Waals surface area contributed by atoms with Crippen LogP contribution < -0.4 is 5.32 Å². The second-order valence-electron chi connectivity index (χ2n) is 6.74. The van der Waals surface area contributed by atoms with Crippen LogP contribution in [0.4, 0.5) is 0 Å². The third-order valence-corrected chi connectivity index (χ3v) is 4.65. The van der Waals surface area contributed by atoms with Gasteiger partial charge in [-0.3, -0.25) is 4.90 Å². The summed E-state index contributed by atoms with van der Waals surface area (Å²) in [5, 5.41) is 3.86. The van der Waals surface area contributed by atoms with Crippen molar-refractivity contribution in [2.24, 2.45) is 0 Å². The van der Waals surface area contributed by atoms with E-state index in [1.165, 1.54) is 32.4 Å². The second-order valence-corrected chi connectivity index (χ2v) is 6.74. The predicted octanol–water partition coefficient (Wildman–Crippen LogP) is 1.56. The largest absolute Gasteiger partial charge is 0.379 e. The van der Waals surface area contributed by atoms with Crippen molar-refractivity contribution < 1.29 is 4.74 Å². The highest BCUT2D eigenvalue weighted by Gasteiger charge is 2.21. The molecule has 2 aliphatic rings. The van der Waals surface area contributed by atoms with Gasteiger partial charge in [-0.05, 0) is 53.1 Å². The van der Waals surface area contributed by atoms with Crippen LogP contribution in [0.5, 0.6) is 0 Å². The zero-order chi connectivity index (χ0) is 14.4. The zero-order valence-electron chi connectivity index (χ0n) is 13.6. The number of nitrogens with zero attached hydrogens (tertiary/aromatic N) is 2. The van der Waals surface area contributed by atoms with Gasteiger partial charge in [0.15, 0.2) is 0 Å². The van der Waals surface area contributed by atoms with Gasteiger partial charge in [0, 0.05) is 37.8 Å². The first-order valence-electron chi connectivity index (χ1n) is 8.45. The summed E-state index contributed by atoms with van der Waals surface area (Å²) >= 11 is 0. The van der Waals surface area contributed by atoms with Crippen LogP contribution >= 0.6 is 0 Å². The number of nitrogens with one attached hydrogen (secondary N) is 1. The average Bonchev–Trinajstić information content (AvgIpc) is 2.65. The van der Waals surface area contributed by atoms with Crippen LogP contribution in [-0.2, 0) is 4.74 Å². The van der Waals surface area contributed by atoms with Crippen molar-refractivity contribution in [2.45, 2.75) is 58.2 Å². The fraction of sp³-hybridized carbons (Fsp3) is 1.00. The van der Waals surface area contributed by atoms with Crippen molar-refractivity contribution in [1.82, 2.24) is 15.1 Å². The van der Waals surface area contributed by atoms with Gasteiger partial charge in [0.2, 0.25) is 0 Å². The molecule has 118 valence electrons. The van der Waals surface area contributed by atoms with Crippen molar-refractivity contribution in [2.75, 3.05) is 45.9 Å². The van der Waals surface area contributed by atoms with Crippen molar-refractivity contribution in [3.05, 3.63) is 0 Å². The molecule has 2 heterocycles. The van der Waals surface area contributed by atoms with Gasteiger partial charge in [0.25, 0.3) is 0 Å². The van der Waals surface area contributed by atoms with E-state index in [0.717, 1.165) is 32.8 Å². The fourth-order valence-corrected chi connectivity index (χ4v) is 3.43. The Morgan fingerprint density at radius 3 is 2.50 bits per heavy atom. The second kappa shape index (κ2) is 8.32. The molecule has 2 unspecified atom stereocenters. The quantitative estimate of drug-likeness (QED) is 0.829. The molecule has 0 spiro atoms. The molecule has 4 heteroatoms. The lowest BCUT2D eigenvalue weighted by atomic mass is 10.1. The first-order valence-corrected chi connectivity index (χ1v) is 8.45. The molecule has 20 heavy (non-hydrogen) atoms.